The highest BCUT2D eigenvalue weighted by atomic mass is 16.5. The van der Waals surface area contributed by atoms with Crippen LogP contribution in [0.5, 0.6) is 5.75 Å². The lowest BCUT2D eigenvalue weighted by Crippen LogP contribution is -2.17. The highest BCUT2D eigenvalue weighted by molar-refractivity contribution is 5.69. The zero-order chi connectivity index (χ0) is 17.7. The molecule has 0 aromatic heterocycles. The Labute approximate surface area is 145 Å². The van der Waals surface area contributed by atoms with Crippen LogP contribution in [-0.2, 0) is 14.3 Å². The lowest BCUT2D eigenvalue weighted by Gasteiger charge is -2.32. The average Bonchev–Trinajstić information content (AvgIpc) is 2.60. The van der Waals surface area contributed by atoms with Crippen LogP contribution in [0.3, 0.4) is 0 Å². The number of hydrogen-bond donors (Lipinski definition) is 0. The van der Waals surface area contributed by atoms with Gasteiger partial charge in [-0.05, 0) is 66.3 Å². The summed E-state index contributed by atoms with van der Waals surface area (Å²) in [6.45, 7) is 4.37. The van der Waals surface area contributed by atoms with E-state index in [0.717, 1.165) is 31.4 Å². The minimum absolute atomic E-state index is 0.131. The molecule has 2 unspecified atom stereocenters. The fraction of sp³-hybridized carbons (Fsp3) is 0.650. The van der Waals surface area contributed by atoms with Gasteiger partial charge in [-0.25, -0.2) is 0 Å². The molecule has 0 N–H and O–H groups in total. The predicted octanol–water partition coefficient (Wildman–Crippen LogP) is 4.73. The van der Waals surface area contributed by atoms with Gasteiger partial charge in [-0.1, -0.05) is 13.8 Å². The molecule has 1 aromatic rings. The van der Waals surface area contributed by atoms with E-state index in [0.29, 0.717) is 18.3 Å². The van der Waals surface area contributed by atoms with Crippen molar-refractivity contribution in [3.63, 3.8) is 0 Å². The van der Waals surface area contributed by atoms with Crippen LogP contribution in [0.1, 0.15) is 80.6 Å². The van der Waals surface area contributed by atoms with Gasteiger partial charge in [-0.15, -0.1) is 0 Å². The molecule has 0 saturated heterocycles. The molecule has 1 aromatic carbocycles. The smallest absolute Gasteiger partial charge is 0.305 e. The molecule has 0 heterocycles. The maximum absolute atomic E-state index is 11.4. The molecular formula is C20H30O4. The van der Waals surface area contributed by atoms with E-state index in [-0.39, 0.29) is 12.1 Å². The quantitative estimate of drug-likeness (QED) is 0.676. The molecule has 134 valence electrons. The van der Waals surface area contributed by atoms with E-state index in [4.69, 9.17) is 14.2 Å². The van der Waals surface area contributed by atoms with Crippen molar-refractivity contribution in [2.75, 3.05) is 21.3 Å². The normalized spacial score (nSPS) is 19.9. The van der Waals surface area contributed by atoms with E-state index in [1.165, 1.54) is 23.8 Å². The highest BCUT2D eigenvalue weighted by Crippen LogP contribution is 2.45. The highest BCUT2D eigenvalue weighted by Gasteiger charge is 2.29. The Balaban J connectivity index is 2.28. The molecule has 4 heteroatoms. The average molecular weight is 334 g/mol. The zero-order valence-corrected chi connectivity index (χ0v) is 15.6. The van der Waals surface area contributed by atoms with E-state index in [2.05, 4.69) is 26.0 Å². The molecule has 1 aliphatic rings. The van der Waals surface area contributed by atoms with Crippen LogP contribution in [0.15, 0.2) is 12.1 Å². The molecule has 0 spiro atoms. The second-order valence-corrected chi connectivity index (χ2v) is 6.84. The number of methoxy groups -OCH3 is 3. The van der Waals surface area contributed by atoms with Gasteiger partial charge in [0.1, 0.15) is 5.75 Å². The van der Waals surface area contributed by atoms with Crippen molar-refractivity contribution in [3.8, 4) is 5.75 Å². The summed E-state index contributed by atoms with van der Waals surface area (Å²) in [5.41, 5.74) is 3.84. The Bertz CT molecular complexity index is 565. The summed E-state index contributed by atoms with van der Waals surface area (Å²) in [4.78, 5) is 11.4. The van der Waals surface area contributed by atoms with Crippen LogP contribution in [-0.4, -0.2) is 27.3 Å². The summed E-state index contributed by atoms with van der Waals surface area (Å²) in [5, 5.41) is 0. The van der Waals surface area contributed by atoms with Gasteiger partial charge in [0.05, 0.1) is 20.3 Å². The van der Waals surface area contributed by atoms with Crippen LogP contribution in [0.2, 0.25) is 0 Å². The van der Waals surface area contributed by atoms with Crippen molar-refractivity contribution in [3.05, 3.63) is 28.8 Å². The monoisotopic (exact) mass is 334 g/mol. The number of esters is 1. The summed E-state index contributed by atoms with van der Waals surface area (Å²) < 4.78 is 16.1. The first-order valence-electron chi connectivity index (χ1n) is 8.83. The molecule has 0 radical (unpaired) electrons. The van der Waals surface area contributed by atoms with Crippen LogP contribution in [0.4, 0.5) is 0 Å². The van der Waals surface area contributed by atoms with Crippen molar-refractivity contribution >= 4 is 5.97 Å². The Kier molecular flexibility index (Phi) is 6.67. The molecule has 1 aliphatic carbocycles. The zero-order valence-electron chi connectivity index (χ0n) is 15.6. The molecule has 0 amide bonds. The molecule has 0 aliphatic heterocycles. The first kappa shape index (κ1) is 18.8. The van der Waals surface area contributed by atoms with E-state index >= 15 is 0 Å². The van der Waals surface area contributed by atoms with E-state index < -0.39 is 0 Å². The Morgan fingerprint density at radius 2 is 1.92 bits per heavy atom. The second-order valence-electron chi connectivity index (χ2n) is 6.84. The van der Waals surface area contributed by atoms with Crippen LogP contribution in [0.25, 0.3) is 0 Å². The van der Waals surface area contributed by atoms with Gasteiger partial charge in [-0.3, -0.25) is 4.79 Å². The number of fused-ring (bicyclic) bond motifs is 1. The predicted molar refractivity (Wildman–Crippen MR) is 94.7 cm³/mol. The van der Waals surface area contributed by atoms with Gasteiger partial charge in [0.15, 0.2) is 0 Å². The summed E-state index contributed by atoms with van der Waals surface area (Å²) in [6, 6.07) is 4.46. The van der Waals surface area contributed by atoms with Crippen molar-refractivity contribution < 1.29 is 19.0 Å². The fourth-order valence-corrected chi connectivity index (χ4v) is 3.69. The first-order chi connectivity index (χ1) is 11.5. The lowest BCUT2D eigenvalue weighted by molar-refractivity contribution is -0.140. The number of carbonyl (C=O) groups is 1. The molecule has 2 atom stereocenters. The topological polar surface area (TPSA) is 44.8 Å². The molecular weight excluding hydrogens is 304 g/mol. The van der Waals surface area contributed by atoms with Crippen LogP contribution in [0, 0.1) is 0 Å². The number of carbonyl (C=O) groups excluding carboxylic acids is 1. The molecule has 4 nitrogen and oxygen atoms in total. The van der Waals surface area contributed by atoms with E-state index in [1.807, 2.05) is 0 Å². The Hall–Kier alpha value is -1.55. The van der Waals surface area contributed by atoms with Gasteiger partial charge in [-0.2, -0.15) is 0 Å². The van der Waals surface area contributed by atoms with Gasteiger partial charge in [0.25, 0.3) is 0 Å². The Morgan fingerprint density at radius 1 is 1.17 bits per heavy atom. The number of benzene rings is 1. The van der Waals surface area contributed by atoms with Gasteiger partial charge < -0.3 is 14.2 Å². The van der Waals surface area contributed by atoms with Crippen LogP contribution < -0.4 is 4.74 Å². The maximum Gasteiger partial charge on any atom is 0.305 e. The van der Waals surface area contributed by atoms with E-state index in [9.17, 15) is 4.79 Å². The SMILES string of the molecule is COC(=O)CCCC1CCC(OC)c2cc(C(C)C)c(OC)cc21. The molecule has 0 bridgehead atoms. The van der Waals surface area contributed by atoms with Gasteiger partial charge in [0, 0.05) is 13.5 Å². The summed E-state index contributed by atoms with van der Waals surface area (Å²) in [7, 11) is 4.96. The first-order valence-corrected chi connectivity index (χ1v) is 8.83. The van der Waals surface area contributed by atoms with Crippen molar-refractivity contribution in [2.45, 2.75) is 63.9 Å². The summed E-state index contributed by atoms with van der Waals surface area (Å²) in [6.07, 6.45) is 4.58. The third-order valence-electron chi connectivity index (χ3n) is 5.07. The van der Waals surface area contributed by atoms with E-state index in [1.54, 1.807) is 14.2 Å². The molecule has 0 saturated carbocycles. The van der Waals surface area contributed by atoms with Crippen molar-refractivity contribution in [1.29, 1.82) is 0 Å². The number of rotatable bonds is 7. The standard InChI is InChI=1S/C20H30O4/c1-13(2)15-11-17-16(12-19(15)23-4)14(9-10-18(17)22-3)7-6-8-20(21)24-5/h11-14,18H,6-10H2,1-5H3. The number of hydrogen-bond acceptors (Lipinski definition) is 4. The van der Waals surface area contributed by atoms with Gasteiger partial charge >= 0.3 is 5.97 Å². The van der Waals surface area contributed by atoms with Crippen molar-refractivity contribution in [2.24, 2.45) is 0 Å². The second kappa shape index (κ2) is 8.52. The minimum Gasteiger partial charge on any atom is -0.496 e. The fourth-order valence-electron chi connectivity index (χ4n) is 3.69. The third kappa shape index (κ3) is 4.10. The molecule has 0 fully saturated rings. The lowest BCUT2D eigenvalue weighted by atomic mass is 9.77. The Morgan fingerprint density at radius 3 is 2.50 bits per heavy atom. The van der Waals surface area contributed by atoms with Gasteiger partial charge in [0.2, 0.25) is 0 Å². The third-order valence-corrected chi connectivity index (χ3v) is 5.07. The minimum atomic E-state index is -0.131. The maximum atomic E-state index is 11.4. The summed E-state index contributed by atoms with van der Waals surface area (Å²) in [5.74, 6) is 1.68. The van der Waals surface area contributed by atoms with Crippen LogP contribution >= 0.6 is 0 Å². The largest absolute Gasteiger partial charge is 0.496 e. The van der Waals surface area contributed by atoms with Crippen molar-refractivity contribution in [1.82, 2.24) is 0 Å². The molecule has 2 rings (SSSR count). The molecule has 24 heavy (non-hydrogen) atoms. The number of ether oxygens (including phenoxy) is 3. The summed E-state index contributed by atoms with van der Waals surface area (Å²) >= 11 is 0.